The van der Waals surface area contributed by atoms with Crippen LogP contribution in [0.2, 0.25) is 5.02 Å². The maximum absolute atomic E-state index is 13.8. The Hall–Kier alpha value is -0.780. The van der Waals surface area contributed by atoms with E-state index in [2.05, 4.69) is 15.9 Å². The van der Waals surface area contributed by atoms with Gasteiger partial charge in [-0.2, -0.15) is 0 Å². The van der Waals surface area contributed by atoms with E-state index in [1.807, 2.05) is 0 Å². The fraction of sp³-hybridized carbons (Fsp3) is 0.0769. The fourth-order valence-corrected chi connectivity index (χ4v) is 2.43. The maximum atomic E-state index is 13.8. The van der Waals surface area contributed by atoms with Gasteiger partial charge in [0.15, 0.2) is 0 Å². The summed E-state index contributed by atoms with van der Waals surface area (Å²) in [6.45, 7) is 0. The van der Waals surface area contributed by atoms with Gasteiger partial charge < -0.3 is 0 Å². The van der Waals surface area contributed by atoms with E-state index in [-0.39, 0.29) is 15.6 Å². The Morgan fingerprint density at radius 1 is 0.800 bits per heavy atom. The Bertz CT molecular complexity index is 618. The second kappa shape index (κ2) is 5.92. The Balaban J connectivity index is 2.54. The molecule has 0 amide bonds. The third-order valence-electron chi connectivity index (χ3n) is 2.63. The van der Waals surface area contributed by atoms with Crippen LogP contribution in [0.25, 0.3) is 0 Å². The van der Waals surface area contributed by atoms with Crippen LogP contribution < -0.4 is 0 Å². The van der Waals surface area contributed by atoms with Crippen molar-refractivity contribution in [3.8, 4) is 0 Å². The summed E-state index contributed by atoms with van der Waals surface area (Å²) in [5.41, 5.74) is -0.623. The average Bonchev–Trinajstić information content (AvgIpc) is 2.37. The highest BCUT2D eigenvalue weighted by Gasteiger charge is 2.22. The summed E-state index contributed by atoms with van der Waals surface area (Å²) in [5, 5.41) is -1.80. The quantitative estimate of drug-likeness (QED) is 0.337. The minimum absolute atomic E-state index is 0.0922. The minimum Gasteiger partial charge on any atom is -0.207 e. The van der Waals surface area contributed by atoms with Crippen LogP contribution in [-0.2, 0) is 0 Å². The van der Waals surface area contributed by atoms with Crippen molar-refractivity contribution in [2.75, 3.05) is 0 Å². The van der Waals surface area contributed by atoms with Crippen LogP contribution in [0.5, 0.6) is 0 Å². The van der Waals surface area contributed by atoms with Crippen molar-refractivity contribution in [2.24, 2.45) is 0 Å². The molecule has 0 bridgehead atoms. The summed E-state index contributed by atoms with van der Waals surface area (Å²) in [7, 11) is 0. The Morgan fingerprint density at radius 3 is 1.90 bits per heavy atom. The molecule has 2 aromatic rings. The molecule has 0 aromatic heterocycles. The van der Waals surface area contributed by atoms with Crippen molar-refractivity contribution in [2.45, 2.75) is 5.38 Å². The van der Waals surface area contributed by atoms with Gasteiger partial charge in [0.05, 0.1) is 14.9 Å². The molecule has 0 radical (unpaired) electrons. The largest absolute Gasteiger partial charge is 0.207 e. The summed E-state index contributed by atoms with van der Waals surface area (Å²) < 4.78 is 54.1. The number of benzene rings is 2. The molecule has 7 heteroatoms. The van der Waals surface area contributed by atoms with Gasteiger partial charge in [-0.25, -0.2) is 17.6 Å². The van der Waals surface area contributed by atoms with Crippen LogP contribution in [0.1, 0.15) is 16.5 Å². The second-order valence-electron chi connectivity index (χ2n) is 3.94. The molecule has 0 heterocycles. The van der Waals surface area contributed by atoms with Crippen molar-refractivity contribution >= 4 is 39.1 Å². The van der Waals surface area contributed by atoms with Crippen LogP contribution >= 0.6 is 39.1 Å². The topological polar surface area (TPSA) is 0 Å². The van der Waals surface area contributed by atoms with Crippen molar-refractivity contribution in [1.82, 2.24) is 0 Å². The van der Waals surface area contributed by atoms with E-state index in [9.17, 15) is 17.6 Å². The summed E-state index contributed by atoms with van der Waals surface area (Å²) in [4.78, 5) is 0. The molecule has 106 valence electrons. The number of hydrogen-bond acceptors (Lipinski definition) is 0. The minimum atomic E-state index is -1.38. The van der Waals surface area contributed by atoms with Crippen molar-refractivity contribution in [3.05, 3.63) is 68.2 Å². The van der Waals surface area contributed by atoms with Gasteiger partial charge in [-0.15, -0.1) is 11.6 Å². The Morgan fingerprint density at radius 2 is 1.30 bits per heavy atom. The smallest absolute Gasteiger partial charge is 0.142 e. The first-order chi connectivity index (χ1) is 9.31. The molecule has 0 fully saturated rings. The molecule has 0 spiro atoms. The van der Waals surface area contributed by atoms with Gasteiger partial charge in [0.25, 0.3) is 0 Å². The van der Waals surface area contributed by atoms with E-state index < -0.39 is 33.7 Å². The zero-order valence-corrected chi connectivity index (χ0v) is 12.6. The predicted molar refractivity (Wildman–Crippen MR) is 73.1 cm³/mol. The zero-order valence-electron chi connectivity index (χ0n) is 9.53. The highest BCUT2D eigenvalue weighted by atomic mass is 79.9. The molecular formula is C13H5BrCl2F4. The first-order valence-electron chi connectivity index (χ1n) is 5.24. The summed E-state index contributed by atoms with van der Waals surface area (Å²) >= 11 is 14.1. The van der Waals surface area contributed by atoms with Gasteiger partial charge in [0, 0.05) is 11.1 Å². The first-order valence-corrected chi connectivity index (χ1v) is 6.85. The second-order valence-corrected chi connectivity index (χ2v) is 5.64. The molecule has 2 aromatic carbocycles. The van der Waals surface area contributed by atoms with E-state index in [1.165, 1.54) is 0 Å². The molecule has 0 saturated heterocycles. The first kappa shape index (κ1) is 15.6. The maximum Gasteiger partial charge on any atom is 0.142 e. The summed E-state index contributed by atoms with van der Waals surface area (Å²) in [5.74, 6) is -3.40. The van der Waals surface area contributed by atoms with Gasteiger partial charge in [0.2, 0.25) is 0 Å². The molecule has 0 aliphatic heterocycles. The lowest BCUT2D eigenvalue weighted by molar-refractivity contribution is 0.570. The molecule has 1 unspecified atom stereocenters. The number of rotatable bonds is 2. The lowest BCUT2D eigenvalue weighted by Crippen LogP contribution is -2.02. The van der Waals surface area contributed by atoms with Crippen LogP contribution in [0.15, 0.2) is 28.7 Å². The van der Waals surface area contributed by atoms with Gasteiger partial charge >= 0.3 is 0 Å². The van der Waals surface area contributed by atoms with Crippen LogP contribution in [0.3, 0.4) is 0 Å². The number of alkyl halides is 1. The van der Waals surface area contributed by atoms with E-state index in [4.69, 9.17) is 23.2 Å². The van der Waals surface area contributed by atoms with E-state index in [0.717, 1.165) is 24.3 Å². The van der Waals surface area contributed by atoms with E-state index in [0.29, 0.717) is 0 Å². The predicted octanol–water partition coefficient (Wildman–Crippen LogP) is 5.99. The van der Waals surface area contributed by atoms with Gasteiger partial charge in [-0.05, 0) is 40.2 Å². The molecule has 0 aliphatic carbocycles. The summed E-state index contributed by atoms with van der Waals surface area (Å²) in [6.07, 6.45) is 0. The lowest BCUT2D eigenvalue weighted by Gasteiger charge is -2.13. The molecule has 20 heavy (non-hydrogen) atoms. The molecule has 0 saturated carbocycles. The highest BCUT2D eigenvalue weighted by molar-refractivity contribution is 9.10. The van der Waals surface area contributed by atoms with E-state index >= 15 is 0 Å². The number of hydrogen-bond donors (Lipinski definition) is 0. The van der Waals surface area contributed by atoms with Crippen LogP contribution in [0, 0.1) is 23.3 Å². The fourth-order valence-electron chi connectivity index (χ4n) is 1.63. The molecule has 1 atom stereocenters. The monoisotopic (exact) mass is 386 g/mol. The highest BCUT2D eigenvalue weighted by Crippen LogP contribution is 2.35. The normalized spacial score (nSPS) is 12.6. The van der Waals surface area contributed by atoms with Crippen LogP contribution in [0.4, 0.5) is 17.6 Å². The summed E-state index contributed by atoms with van der Waals surface area (Å²) in [6, 6.07) is 3.18. The average molecular weight is 388 g/mol. The van der Waals surface area contributed by atoms with Gasteiger partial charge in [-0.3, -0.25) is 0 Å². The standard InChI is InChI=1S/C13H5BrCl2F4/c14-7-3-9(17)5(1-11(7)19)13(16)6-2-12(20)8(15)4-10(6)18/h1-4,13H. The molecule has 0 nitrogen and oxygen atoms in total. The lowest BCUT2D eigenvalue weighted by atomic mass is 10.0. The van der Waals surface area contributed by atoms with Crippen molar-refractivity contribution in [3.63, 3.8) is 0 Å². The van der Waals surface area contributed by atoms with Gasteiger partial charge in [-0.1, -0.05) is 11.6 Å². The van der Waals surface area contributed by atoms with Crippen molar-refractivity contribution < 1.29 is 17.6 Å². The van der Waals surface area contributed by atoms with Crippen LogP contribution in [-0.4, -0.2) is 0 Å². The van der Waals surface area contributed by atoms with Crippen molar-refractivity contribution in [1.29, 1.82) is 0 Å². The van der Waals surface area contributed by atoms with Gasteiger partial charge in [0.1, 0.15) is 23.3 Å². The third kappa shape index (κ3) is 2.95. The molecular weight excluding hydrogens is 383 g/mol. The Kier molecular flexibility index (Phi) is 4.62. The van der Waals surface area contributed by atoms with E-state index in [1.54, 1.807) is 0 Å². The zero-order chi connectivity index (χ0) is 15.0. The Labute approximate surface area is 130 Å². The SMILES string of the molecule is Fc1cc(C(Cl)c2cc(F)c(Br)cc2F)c(F)cc1Cl. The molecule has 2 rings (SSSR count). The number of halogens is 7. The third-order valence-corrected chi connectivity index (χ3v) is 3.99. The molecule has 0 N–H and O–H groups in total. The molecule has 0 aliphatic rings.